The standard InChI is InChI=1S/C26H28FNO4/c1-25(2,3)23-11-17-10-16(19(27)14-20(17)28(23)8-9-29)12-24(30)26(6-7-26)18-4-5-21-22(13-18)32-15-31-21/h4-5,10-11,13-14,29H,6-9,12,15H2,1-3H3. The Kier molecular flexibility index (Phi) is 4.82. The lowest BCUT2D eigenvalue weighted by molar-refractivity contribution is -0.120. The average Bonchev–Trinajstić information content (AvgIpc) is 3.29. The van der Waals surface area contributed by atoms with Crippen molar-refractivity contribution in [2.45, 2.75) is 57.4 Å². The van der Waals surface area contributed by atoms with Gasteiger partial charge in [-0.15, -0.1) is 0 Å². The second kappa shape index (κ2) is 7.34. The maximum Gasteiger partial charge on any atom is 0.231 e. The number of hydrogen-bond donors (Lipinski definition) is 1. The highest BCUT2D eigenvalue weighted by Crippen LogP contribution is 2.51. The van der Waals surface area contributed by atoms with Crippen LogP contribution in [0.1, 0.15) is 50.4 Å². The van der Waals surface area contributed by atoms with Gasteiger partial charge in [-0.1, -0.05) is 26.8 Å². The van der Waals surface area contributed by atoms with E-state index in [2.05, 4.69) is 20.8 Å². The highest BCUT2D eigenvalue weighted by molar-refractivity contribution is 5.95. The molecule has 0 amide bonds. The van der Waals surface area contributed by atoms with Gasteiger partial charge in [0, 0.05) is 29.5 Å². The lowest BCUT2D eigenvalue weighted by Crippen LogP contribution is -2.23. The van der Waals surface area contributed by atoms with Gasteiger partial charge < -0.3 is 19.1 Å². The molecule has 2 aliphatic rings. The molecule has 1 aromatic heterocycles. The van der Waals surface area contributed by atoms with E-state index in [1.54, 1.807) is 6.07 Å². The molecule has 3 aromatic rings. The lowest BCUT2D eigenvalue weighted by Gasteiger charge is -2.21. The topological polar surface area (TPSA) is 60.7 Å². The predicted molar refractivity (Wildman–Crippen MR) is 120 cm³/mol. The van der Waals surface area contributed by atoms with E-state index in [1.807, 2.05) is 28.8 Å². The summed E-state index contributed by atoms with van der Waals surface area (Å²) >= 11 is 0. The van der Waals surface area contributed by atoms with E-state index in [9.17, 15) is 9.90 Å². The van der Waals surface area contributed by atoms with Gasteiger partial charge in [-0.2, -0.15) is 0 Å². The largest absolute Gasteiger partial charge is 0.454 e. The van der Waals surface area contributed by atoms with Crippen LogP contribution in [-0.4, -0.2) is 28.9 Å². The summed E-state index contributed by atoms with van der Waals surface area (Å²) in [7, 11) is 0. The Morgan fingerprint density at radius 3 is 2.56 bits per heavy atom. The van der Waals surface area contributed by atoms with Crippen LogP contribution in [0, 0.1) is 5.82 Å². The number of nitrogens with zero attached hydrogens (tertiary/aromatic N) is 1. The summed E-state index contributed by atoms with van der Waals surface area (Å²) in [4.78, 5) is 13.3. The molecule has 1 saturated carbocycles. The van der Waals surface area contributed by atoms with Crippen LogP contribution in [0.5, 0.6) is 11.5 Å². The molecular formula is C26H28FNO4. The Hall–Kier alpha value is -2.86. The van der Waals surface area contributed by atoms with Crippen molar-refractivity contribution >= 4 is 16.7 Å². The minimum atomic E-state index is -0.568. The molecule has 5 rings (SSSR count). The maximum atomic E-state index is 15.1. The van der Waals surface area contributed by atoms with E-state index in [0.717, 1.165) is 35.0 Å². The summed E-state index contributed by atoms with van der Waals surface area (Å²) in [5.74, 6) is 0.996. The second-order valence-electron chi connectivity index (χ2n) is 9.91. The Balaban J connectivity index is 1.47. The minimum absolute atomic E-state index is 0.0211. The number of fused-ring (bicyclic) bond motifs is 2. The van der Waals surface area contributed by atoms with Crippen molar-refractivity contribution in [2.75, 3.05) is 13.4 Å². The highest BCUT2D eigenvalue weighted by Gasteiger charge is 2.51. The molecule has 0 bridgehead atoms. The van der Waals surface area contributed by atoms with Crippen LogP contribution < -0.4 is 9.47 Å². The predicted octanol–water partition coefficient (Wildman–Crippen LogP) is 4.64. The number of benzene rings is 2. The summed E-state index contributed by atoms with van der Waals surface area (Å²) in [6, 6.07) is 11.0. The zero-order chi connectivity index (χ0) is 22.7. The van der Waals surface area contributed by atoms with Crippen molar-refractivity contribution < 1.29 is 23.8 Å². The van der Waals surface area contributed by atoms with Crippen LogP contribution in [0.4, 0.5) is 4.39 Å². The zero-order valence-electron chi connectivity index (χ0n) is 18.7. The molecule has 1 fully saturated rings. The molecule has 168 valence electrons. The molecule has 6 heteroatoms. The Labute approximate surface area is 186 Å². The van der Waals surface area contributed by atoms with Gasteiger partial charge in [0.05, 0.1) is 17.5 Å². The number of carbonyl (C=O) groups is 1. The third-order valence-corrected chi connectivity index (χ3v) is 6.72. The fourth-order valence-electron chi connectivity index (χ4n) is 4.82. The van der Waals surface area contributed by atoms with Crippen molar-refractivity contribution in [3.63, 3.8) is 0 Å². The highest BCUT2D eigenvalue weighted by atomic mass is 19.1. The molecule has 0 spiro atoms. The molecule has 1 N–H and O–H groups in total. The third-order valence-electron chi connectivity index (χ3n) is 6.72. The van der Waals surface area contributed by atoms with Crippen molar-refractivity contribution in [3.8, 4) is 11.5 Å². The van der Waals surface area contributed by atoms with Gasteiger partial charge >= 0.3 is 0 Å². The molecule has 5 nitrogen and oxygen atoms in total. The maximum absolute atomic E-state index is 15.1. The van der Waals surface area contributed by atoms with E-state index in [-0.39, 0.29) is 36.8 Å². The van der Waals surface area contributed by atoms with Gasteiger partial charge in [0.25, 0.3) is 0 Å². The van der Waals surface area contributed by atoms with E-state index in [1.165, 1.54) is 6.07 Å². The number of ketones is 1. The first-order valence-electron chi connectivity index (χ1n) is 11.1. The van der Waals surface area contributed by atoms with E-state index in [4.69, 9.17) is 9.47 Å². The number of halogens is 1. The summed E-state index contributed by atoms with van der Waals surface area (Å²) < 4.78 is 28.0. The Morgan fingerprint density at radius 1 is 1.12 bits per heavy atom. The van der Waals surface area contributed by atoms with Gasteiger partial charge in [-0.05, 0) is 54.3 Å². The summed E-state index contributed by atoms with van der Waals surface area (Å²) in [6.45, 7) is 6.86. The van der Waals surface area contributed by atoms with Gasteiger partial charge in [0.15, 0.2) is 11.5 Å². The normalized spacial score (nSPS) is 16.5. The summed E-state index contributed by atoms with van der Waals surface area (Å²) in [5.41, 5.74) is 2.38. The smallest absolute Gasteiger partial charge is 0.231 e. The Bertz CT molecular complexity index is 1220. The molecule has 2 heterocycles. The van der Waals surface area contributed by atoms with Gasteiger partial charge in [-0.25, -0.2) is 4.39 Å². The zero-order valence-corrected chi connectivity index (χ0v) is 18.7. The lowest BCUT2D eigenvalue weighted by atomic mass is 9.87. The quantitative estimate of drug-likeness (QED) is 0.610. The molecule has 0 saturated heterocycles. The van der Waals surface area contributed by atoms with E-state index >= 15 is 4.39 Å². The minimum Gasteiger partial charge on any atom is -0.454 e. The average molecular weight is 438 g/mol. The number of aliphatic hydroxyl groups is 1. The van der Waals surface area contributed by atoms with Crippen molar-refractivity contribution in [1.29, 1.82) is 0 Å². The molecule has 1 aliphatic carbocycles. The molecule has 0 atom stereocenters. The number of Topliss-reactive ketones (excluding diaryl/α,β-unsaturated/α-hetero) is 1. The number of ether oxygens (including phenoxy) is 2. The van der Waals surface area contributed by atoms with Crippen molar-refractivity contribution in [1.82, 2.24) is 4.57 Å². The molecule has 1 aliphatic heterocycles. The summed E-state index contributed by atoms with van der Waals surface area (Å²) in [5, 5.41) is 10.4. The van der Waals surface area contributed by atoms with Crippen molar-refractivity contribution in [2.24, 2.45) is 0 Å². The van der Waals surface area contributed by atoms with Crippen LogP contribution in [0.2, 0.25) is 0 Å². The van der Waals surface area contributed by atoms with Crippen LogP contribution in [0.3, 0.4) is 0 Å². The number of rotatable bonds is 6. The number of hydrogen-bond acceptors (Lipinski definition) is 4. The third kappa shape index (κ3) is 3.37. The number of carbonyl (C=O) groups excluding carboxylic acids is 1. The van der Waals surface area contributed by atoms with Crippen LogP contribution in [-0.2, 0) is 28.6 Å². The molecule has 32 heavy (non-hydrogen) atoms. The van der Waals surface area contributed by atoms with E-state index in [0.29, 0.717) is 23.6 Å². The molecular weight excluding hydrogens is 409 g/mol. The van der Waals surface area contributed by atoms with Gasteiger partial charge in [0.2, 0.25) is 6.79 Å². The van der Waals surface area contributed by atoms with Crippen molar-refractivity contribution in [3.05, 3.63) is 59.0 Å². The first-order chi connectivity index (χ1) is 15.2. The molecule has 2 aromatic carbocycles. The monoisotopic (exact) mass is 437 g/mol. The van der Waals surface area contributed by atoms with Crippen LogP contribution >= 0.6 is 0 Å². The Morgan fingerprint density at radius 2 is 1.88 bits per heavy atom. The van der Waals surface area contributed by atoms with Gasteiger partial charge in [-0.3, -0.25) is 4.79 Å². The fraction of sp³-hybridized carbons (Fsp3) is 0.423. The van der Waals surface area contributed by atoms with E-state index < -0.39 is 5.41 Å². The molecule has 0 unspecified atom stereocenters. The second-order valence-corrected chi connectivity index (χ2v) is 9.91. The SMILES string of the molecule is CC(C)(C)c1cc2cc(CC(=O)C3(c4ccc5c(c4)OCO5)CC3)c(F)cc2n1CCO. The first kappa shape index (κ1) is 21.0. The number of aliphatic hydroxyl groups excluding tert-OH is 1. The summed E-state index contributed by atoms with van der Waals surface area (Å²) in [6.07, 6.45) is 1.57. The first-order valence-corrected chi connectivity index (χ1v) is 11.1. The van der Waals surface area contributed by atoms with Crippen LogP contribution in [0.15, 0.2) is 36.4 Å². The van der Waals surface area contributed by atoms with Crippen LogP contribution in [0.25, 0.3) is 10.9 Å². The van der Waals surface area contributed by atoms with Gasteiger partial charge in [0.1, 0.15) is 11.6 Å². The molecule has 0 radical (unpaired) electrons. The fourth-order valence-corrected chi connectivity index (χ4v) is 4.82. The number of aromatic nitrogens is 1.